The van der Waals surface area contributed by atoms with Crippen molar-refractivity contribution in [2.45, 2.75) is 18.9 Å². The summed E-state index contributed by atoms with van der Waals surface area (Å²) in [4.78, 5) is 25.0. The SMILES string of the molecule is CN(CC(=O)Nc1c(F)cc(F)cc1Br)CC(=O)NC1CC1. The quantitative estimate of drug-likeness (QED) is 0.797. The Morgan fingerprint density at radius 2 is 1.91 bits per heavy atom. The van der Waals surface area contributed by atoms with Crippen molar-refractivity contribution in [3.63, 3.8) is 0 Å². The summed E-state index contributed by atoms with van der Waals surface area (Å²) >= 11 is 2.99. The number of nitrogens with zero attached hydrogens (tertiary/aromatic N) is 1. The molecule has 0 aromatic heterocycles. The molecule has 2 rings (SSSR count). The van der Waals surface area contributed by atoms with Crippen molar-refractivity contribution in [3.05, 3.63) is 28.2 Å². The predicted octanol–water partition coefficient (Wildman–Crippen LogP) is 1.88. The highest BCUT2D eigenvalue weighted by Gasteiger charge is 2.24. The van der Waals surface area contributed by atoms with Gasteiger partial charge in [0.2, 0.25) is 11.8 Å². The highest BCUT2D eigenvalue weighted by atomic mass is 79.9. The molecule has 0 atom stereocenters. The number of anilines is 1. The van der Waals surface area contributed by atoms with Gasteiger partial charge in [0.05, 0.1) is 18.8 Å². The van der Waals surface area contributed by atoms with Crippen LogP contribution in [0.3, 0.4) is 0 Å². The Balaban J connectivity index is 1.85. The number of likely N-dealkylation sites (N-methyl/N-ethyl adjacent to an activating group) is 1. The minimum Gasteiger partial charge on any atom is -0.352 e. The lowest BCUT2D eigenvalue weighted by molar-refractivity contribution is -0.123. The number of carbonyl (C=O) groups is 2. The van der Waals surface area contributed by atoms with E-state index in [0.29, 0.717) is 6.07 Å². The summed E-state index contributed by atoms with van der Waals surface area (Å²) in [5, 5.41) is 5.17. The van der Waals surface area contributed by atoms with Crippen molar-refractivity contribution >= 4 is 33.4 Å². The van der Waals surface area contributed by atoms with Crippen LogP contribution < -0.4 is 10.6 Å². The molecule has 1 fully saturated rings. The Kier molecular flexibility index (Phi) is 5.47. The zero-order valence-electron chi connectivity index (χ0n) is 12.0. The van der Waals surface area contributed by atoms with Crippen molar-refractivity contribution in [2.24, 2.45) is 0 Å². The monoisotopic (exact) mass is 375 g/mol. The van der Waals surface area contributed by atoms with Crippen molar-refractivity contribution in [1.29, 1.82) is 0 Å². The van der Waals surface area contributed by atoms with Gasteiger partial charge in [0.25, 0.3) is 0 Å². The molecule has 0 saturated heterocycles. The summed E-state index contributed by atoms with van der Waals surface area (Å²) in [7, 11) is 1.61. The second-order valence-electron chi connectivity index (χ2n) is 5.31. The van der Waals surface area contributed by atoms with Gasteiger partial charge in [-0.15, -0.1) is 0 Å². The molecule has 0 bridgehead atoms. The number of hydrogen-bond acceptors (Lipinski definition) is 3. The van der Waals surface area contributed by atoms with Crippen LogP contribution in [0.25, 0.3) is 0 Å². The fourth-order valence-electron chi connectivity index (χ4n) is 1.89. The van der Waals surface area contributed by atoms with Crippen molar-refractivity contribution < 1.29 is 18.4 Å². The Hall–Kier alpha value is -1.54. The predicted molar refractivity (Wildman–Crippen MR) is 81.3 cm³/mol. The topological polar surface area (TPSA) is 61.4 Å². The number of carbonyl (C=O) groups excluding carboxylic acids is 2. The van der Waals surface area contributed by atoms with E-state index >= 15 is 0 Å². The Bertz CT molecular complexity index is 570. The third kappa shape index (κ3) is 5.03. The van der Waals surface area contributed by atoms with Gasteiger partial charge in [-0.2, -0.15) is 0 Å². The summed E-state index contributed by atoms with van der Waals surface area (Å²) in [6, 6.07) is 2.01. The summed E-state index contributed by atoms with van der Waals surface area (Å²) < 4.78 is 26.7. The number of nitrogens with one attached hydrogen (secondary N) is 2. The number of amides is 2. The maximum absolute atomic E-state index is 13.6. The Morgan fingerprint density at radius 1 is 1.27 bits per heavy atom. The Morgan fingerprint density at radius 3 is 2.50 bits per heavy atom. The van der Waals surface area contributed by atoms with E-state index < -0.39 is 17.5 Å². The normalized spacial score (nSPS) is 14.0. The van der Waals surface area contributed by atoms with Gasteiger partial charge in [-0.3, -0.25) is 14.5 Å². The van der Waals surface area contributed by atoms with E-state index in [1.807, 2.05) is 0 Å². The van der Waals surface area contributed by atoms with Gasteiger partial charge in [0, 0.05) is 16.6 Å². The van der Waals surface area contributed by atoms with Gasteiger partial charge in [-0.25, -0.2) is 8.78 Å². The van der Waals surface area contributed by atoms with Crippen LogP contribution in [0, 0.1) is 11.6 Å². The summed E-state index contributed by atoms with van der Waals surface area (Å²) in [5.41, 5.74) is -0.123. The zero-order chi connectivity index (χ0) is 16.3. The van der Waals surface area contributed by atoms with Crippen LogP contribution in [0.1, 0.15) is 12.8 Å². The first-order valence-corrected chi connectivity index (χ1v) is 7.56. The summed E-state index contributed by atoms with van der Waals surface area (Å²) in [6.07, 6.45) is 1.99. The third-order valence-corrected chi connectivity index (χ3v) is 3.67. The van der Waals surface area contributed by atoms with Gasteiger partial charge < -0.3 is 10.6 Å². The van der Waals surface area contributed by atoms with Gasteiger partial charge in [0.15, 0.2) is 5.82 Å². The van der Waals surface area contributed by atoms with E-state index in [-0.39, 0.29) is 35.2 Å². The number of rotatable bonds is 6. The molecular weight excluding hydrogens is 360 g/mol. The molecule has 0 aliphatic heterocycles. The first kappa shape index (κ1) is 16.8. The summed E-state index contributed by atoms with van der Waals surface area (Å²) in [5.74, 6) is -2.24. The first-order chi connectivity index (χ1) is 10.3. The van der Waals surface area contributed by atoms with Gasteiger partial charge >= 0.3 is 0 Å². The van der Waals surface area contributed by atoms with Crippen LogP contribution in [0.4, 0.5) is 14.5 Å². The second-order valence-corrected chi connectivity index (χ2v) is 6.16. The minimum atomic E-state index is -0.866. The van der Waals surface area contributed by atoms with E-state index in [4.69, 9.17) is 0 Å². The highest BCUT2D eigenvalue weighted by molar-refractivity contribution is 9.10. The fourth-order valence-corrected chi connectivity index (χ4v) is 2.39. The molecule has 2 amide bonds. The molecule has 1 aromatic rings. The van der Waals surface area contributed by atoms with Crippen LogP contribution >= 0.6 is 15.9 Å². The largest absolute Gasteiger partial charge is 0.352 e. The molecule has 1 aliphatic rings. The molecule has 0 unspecified atom stereocenters. The van der Waals surface area contributed by atoms with Crippen LogP contribution in [0.5, 0.6) is 0 Å². The number of benzene rings is 1. The summed E-state index contributed by atoms with van der Waals surface area (Å²) in [6.45, 7) is -0.00165. The smallest absolute Gasteiger partial charge is 0.238 e. The molecule has 0 radical (unpaired) electrons. The Labute approximate surface area is 135 Å². The van der Waals surface area contributed by atoms with Gasteiger partial charge in [-0.05, 0) is 41.9 Å². The van der Waals surface area contributed by atoms with Crippen molar-refractivity contribution in [2.75, 3.05) is 25.5 Å². The molecule has 1 saturated carbocycles. The molecule has 1 aliphatic carbocycles. The number of hydrogen-bond donors (Lipinski definition) is 2. The van der Waals surface area contributed by atoms with Crippen LogP contribution in [-0.4, -0.2) is 42.9 Å². The van der Waals surface area contributed by atoms with Gasteiger partial charge in [0.1, 0.15) is 5.82 Å². The van der Waals surface area contributed by atoms with Crippen molar-refractivity contribution in [1.82, 2.24) is 10.2 Å². The molecular formula is C14H16BrF2N3O2. The van der Waals surface area contributed by atoms with Crippen LogP contribution in [0.15, 0.2) is 16.6 Å². The zero-order valence-corrected chi connectivity index (χ0v) is 13.5. The molecule has 22 heavy (non-hydrogen) atoms. The molecule has 0 spiro atoms. The fraction of sp³-hybridized carbons (Fsp3) is 0.429. The van der Waals surface area contributed by atoms with E-state index in [9.17, 15) is 18.4 Å². The molecule has 2 N–H and O–H groups in total. The molecule has 8 heteroatoms. The lowest BCUT2D eigenvalue weighted by Gasteiger charge is -2.16. The molecule has 1 aromatic carbocycles. The van der Waals surface area contributed by atoms with Crippen molar-refractivity contribution in [3.8, 4) is 0 Å². The van der Waals surface area contributed by atoms with E-state index in [1.165, 1.54) is 4.90 Å². The average molecular weight is 376 g/mol. The minimum absolute atomic E-state index is 0.0803. The van der Waals surface area contributed by atoms with Crippen LogP contribution in [0.2, 0.25) is 0 Å². The highest BCUT2D eigenvalue weighted by Crippen LogP contribution is 2.26. The number of halogens is 3. The average Bonchev–Trinajstić information content (AvgIpc) is 3.17. The van der Waals surface area contributed by atoms with E-state index in [1.54, 1.807) is 7.05 Å². The van der Waals surface area contributed by atoms with E-state index in [0.717, 1.165) is 18.9 Å². The first-order valence-electron chi connectivity index (χ1n) is 6.77. The standard InChI is InChI=1S/C14H16BrF2N3O2/c1-20(6-12(21)18-9-2-3-9)7-13(22)19-14-10(15)4-8(16)5-11(14)17/h4-5,9H,2-3,6-7H2,1H3,(H,18,21)(H,19,22). The molecule has 5 nitrogen and oxygen atoms in total. The maximum Gasteiger partial charge on any atom is 0.238 e. The molecule has 120 valence electrons. The maximum atomic E-state index is 13.6. The van der Waals surface area contributed by atoms with Crippen LogP contribution in [-0.2, 0) is 9.59 Å². The van der Waals surface area contributed by atoms with E-state index in [2.05, 4.69) is 26.6 Å². The lowest BCUT2D eigenvalue weighted by atomic mass is 10.3. The third-order valence-electron chi connectivity index (χ3n) is 3.04. The van der Waals surface area contributed by atoms with Gasteiger partial charge in [-0.1, -0.05) is 0 Å². The lowest BCUT2D eigenvalue weighted by Crippen LogP contribution is -2.39. The second kappa shape index (κ2) is 7.15. The molecule has 0 heterocycles.